The van der Waals surface area contributed by atoms with E-state index in [0.29, 0.717) is 32.5 Å². The fourth-order valence-corrected chi connectivity index (χ4v) is 10.3. The monoisotopic (exact) mass is 611 g/mol. The van der Waals surface area contributed by atoms with Crippen LogP contribution in [0.25, 0.3) is 0 Å². The second-order valence-electron chi connectivity index (χ2n) is 12.4. The summed E-state index contributed by atoms with van der Waals surface area (Å²) in [5, 5.41) is 10.4. The zero-order chi connectivity index (χ0) is 28.6. The van der Waals surface area contributed by atoms with E-state index in [1.807, 2.05) is 27.7 Å². The van der Waals surface area contributed by atoms with Gasteiger partial charge >= 0.3 is 0 Å². The number of thioether (sulfide) groups is 1. The van der Waals surface area contributed by atoms with E-state index in [1.54, 1.807) is 38.6 Å². The normalized spacial score (nSPS) is 30.9. The highest BCUT2D eigenvalue weighted by Crippen LogP contribution is 2.68. The second kappa shape index (κ2) is 12.0. The van der Waals surface area contributed by atoms with Gasteiger partial charge in [0.05, 0.1) is 29.2 Å². The number of nitrogens with zero attached hydrogens (tertiary/aromatic N) is 3. The Balaban J connectivity index is 2.17. The molecular formula is C29H46BrN3O4S. The Hall–Kier alpha value is -1.32. The van der Waals surface area contributed by atoms with Crippen molar-refractivity contribution in [3.63, 3.8) is 0 Å². The van der Waals surface area contributed by atoms with Gasteiger partial charge in [-0.2, -0.15) is 0 Å². The molecule has 3 aliphatic rings. The summed E-state index contributed by atoms with van der Waals surface area (Å²) in [5.74, 6) is -1.25. The highest BCUT2D eigenvalue weighted by atomic mass is 79.9. The van der Waals surface area contributed by atoms with Crippen molar-refractivity contribution in [3.05, 3.63) is 25.3 Å². The number of likely N-dealkylation sites (tertiary alicyclic amines) is 1. The van der Waals surface area contributed by atoms with Gasteiger partial charge in [-0.25, -0.2) is 0 Å². The quantitative estimate of drug-likeness (QED) is 0.265. The number of aliphatic hydroxyl groups excluding tert-OH is 1. The SMILES string of the molecule is C=CCN(CCC)C(=O)[C@H]1[C@@H]2SC3(CC2Br)C(C(=O)N(CC=C)C(C)(C)C)N([C@@H](CO)CC(C)C)C(=O)[C@H]13. The molecule has 3 aliphatic heterocycles. The van der Waals surface area contributed by atoms with Gasteiger partial charge < -0.3 is 19.8 Å². The summed E-state index contributed by atoms with van der Waals surface area (Å²) in [6, 6.07) is -1.26. The maximum atomic E-state index is 14.6. The van der Waals surface area contributed by atoms with Gasteiger partial charge in [0.25, 0.3) is 0 Å². The zero-order valence-corrected chi connectivity index (χ0v) is 26.3. The number of carbonyl (C=O) groups excluding carboxylic acids is 3. The van der Waals surface area contributed by atoms with Crippen LogP contribution in [-0.4, -0.2) is 96.2 Å². The molecule has 2 bridgehead atoms. The number of hydrogen-bond donors (Lipinski definition) is 1. The van der Waals surface area contributed by atoms with Crippen LogP contribution in [0.2, 0.25) is 0 Å². The van der Waals surface area contributed by atoms with Crippen molar-refractivity contribution < 1.29 is 19.5 Å². The maximum Gasteiger partial charge on any atom is 0.247 e. The molecule has 214 valence electrons. The van der Waals surface area contributed by atoms with Gasteiger partial charge in [0.15, 0.2) is 0 Å². The lowest BCUT2D eigenvalue weighted by Gasteiger charge is -2.44. The van der Waals surface area contributed by atoms with Gasteiger partial charge in [-0.1, -0.05) is 48.9 Å². The van der Waals surface area contributed by atoms with Crippen LogP contribution in [0.4, 0.5) is 0 Å². The fraction of sp³-hybridized carbons (Fsp3) is 0.759. The summed E-state index contributed by atoms with van der Waals surface area (Å²) < 4.78 is -0.742. The molecule has 1 N–H and O–H groups in total. The largest absolute Gasteiger partial charge is 0.394 e. The molecule has 0 aromatic heterocycles. The highest BCUT2D eigenvalue weighted by Gasteiger charge is 2.76. The molecule has 7 nitrogen and oxygen atoms in total. The summed E-state index contributed by atoms with van der Waals surface area (Å²) in [4.78, 5) is 48.4. The van der Waals surface area contributed by atoms with E-state index in [1.165, 1.54) is 0 Å². The number of alkyl halides is 1. The molecule has 0 radical (unpaired) electrons. The molecule has 7 atom stereocenters. The number of halogens is 1. The standard InChI is InChI=1S/C29H46BrN3O4S/c1-9-12-31(13-10-2)25(35)21-22-26(36)33(19(17-34)15-18(4)5)24(29(22)16-20(30)23(21)38-29)27(37)32(14-11-3)28(6,7)8/h9,11,18-24,34H,1,3,10,12-17H2,2,4-8H3/t19-,20?,21-,22+,23-,24?,29?/m1/s1. The van der Waals surface area contributed by atoms with E-state index in [0.717, 1.165) is 6.42 Å². The number of aliphatic hydroxyl groups is 1. The molecule has 3 amide bonds. The number of carbonyl (C=O) groups is 3. The molecule has 3 rings (SSSR count). The van der Waals surface area contributed by atoms with Crippen molar-refractivity contribution >= 4 is 45.4 Å². The van der Waals surface area contributed by atoms with Crippen LogP contribution >= 0.6 is 27.7 Å². The van der Waals surface area contributed by atoms with Crippen molar-refractivity contribution in [2.45, 2.75) is 93.3 Å². The van der Waals surface area contributed by atoms with E-state index in [-0.39, 0.29) is 40.3 Å². The molecule has 9 heteroatoms. The van der Waals surface area contributed by atoms with Crippen molar-refractivity contribution in [1.29, 1.82) is 0 Å². The van der Waals surface area contributed by atoms with Crippen LogP contribution in [0.15, 0.2) is 25.3 Å². The van der Waals surface area contributed by atoms with E-state index in [9.17, 15) is 19.5 Å². The Morgan fingerprint density at radius 2 is 1.87 bits per heavy atom. The van der Waals surface area contributed by atoms with Crippen molar-refractivity contribution in [3.8, 4) is 0 Å². The van der Waals surface area contributed by atoms with E-state index in [4.69, 9.17) is 0 Å². The smallest absolute Gasteiger partial charge is 0.247 e. The minimum Gasteiger partial charge on any atom is -0.394 e. The minimum absolute atomic E-state index is 0.00752. The third-order valence-electron chi connectivity index (χ3n) is 8.14. The van der Waals surface area contributed by atoms with Crippen LogP contribution in [0.1, 0.15) is 60.8 Å². The van der Waals surface area contributed by atoms with Crippen LogP contribution < -0.4 is 0 Å². The van der Waals surface area contributed by atoms with Crippen molar-refractivity contribution in [1.82, 2.24) is 14.7 Å². The number of amides is 3. The minimum atomic E-state index is -0.762. The molecule has 1 spiro atoms. The lowest BCUT2D eigenvalue weighted by Crippen LogP contribution is -2.61. The molecule has 0 aliphatic carbocycles. The van der Waals surface area contributed by atoms with Crippen molar-refractivity contribution in [2.75, 3.05) is 26.2 Å². The van der Waals surface area contributed by atoms with Crippen LogP contribution in [0, 0.1) is 17.8 Å². The predicted molar refractivity (Wildman–Crippen MR) is 158 cm³/mol. The van der Waals surface area contributed by atoms with Gasteiger partial charge in [0, 0.05) is 35.3 Å². The Morgan fingerprint density at radius 1 is 1.24 bits per heavy atom. The van der Waals surface area contributed by atoms with Crippen LogP contribution in [0.5, 0.6) is 0 Å². The molecule has 3 unspecified atom stereocenters. The molecular weight excluding hydrogens is 566 g/mol. The first-order valence-electron chi connectivity index (χ1n) is 13.9. The Bertz CT molecular complexity index is 937. The number of hydrogen-bond acceptors (Lipinski definition) is 5. The third-order valence-corrected chi connectivity index (χ3v) is 11.4. The average molecular weight is 613 g/mol. The molecule has 0 aromatic carbocycles. The topological polar surface area (TPSA) is 81.2 Å². The first-order chi connectivity index (χ1) is 17.8. The number of rotatable bonds is 12. The molecule has 0 saturated carbocycles. The zero-order valence-electron chi connectivity index (χ0n) is 23.9. The predicted octanol–water partition coefficient (Wildman–Crippen LogP) is 4.10. The average Bonchev–Trinajstić information content (AvgIpc) is 3.42. The third kappa shape index (κ3) is 5.36. The molecule has 3 saturated heterocycles. The van der Waals surface area contributed by atoms with Gasteiger partial charge in [0.2, 0.25) is 17.7 Å². The molecule has 38 heavy (non-hydrogen) atoms. The van der Waals surface area contributed by atoms with Gasteiger partial charge in [-0.05, 0) is 46.0 Å². The molecule has 3 fully saturated rings. The first kappa shape index (κ1) is 31.2. The molecule has 0 aromatic rings. The highest BCUT2D eigenvalue weighted by molar-refractivity contribution is 9.09. The lowest BCUT2D eigenvalue weighted by atomic mass is 9.70. The Labute approximate surface area is 241 Å². The van der Waals surface area contributed by atoms with Gasteiger partial charge in [-0.15, -0.1) is 24.9 Å². The Morgan fingerprint density at radius 3 is 2.37 bits per heavy atom. The van der Waals surface area contributed by atoms with Crippen LogP contribution in [0.3, 0.4) is 0 Å². The van der Waals surface area contributed by atoms with Crippen molar-refractivity contribution in [2.24, 2.45) is 17.8 Å². The maximum absolute atomic E-state index is 14.6. The van der Waals surface area contributed by atoms with Gasteiger partial charge in [-0.3, -0.25) is 14.4 Å². The summed E-state index contributed by atoms with van der Waals surface area (Å²) >= 11 is 5.50. The fourth-order valence-electron chi connectivity index (χ4n) is 6.74. The summed E-state index contributed by atoms with van der Waals surface area (Å²) in [6.45, 7) is 21.0. The number of fused-ring (bicyclic) bond motifs is 1. The first-order valence-corrected chi connectivity index (χ1v) is 15.7. The Kier molecular flexibility index (Phi) is 9.90. The summed E-state index contributed by atoms with van der Waals surface area (Å²) in [5.41, 5.74) is -0.492. The van der Waals surface area contributed by atoms with Gasteiger partial charge in [0.1, 0.15) is 6.04 Å². The summed E-state index contributed by atoms with van der Waals surface area (Å²) in [6.07, 6.45) is 5.45. The lowest BCUT2D eigenvalue weighted by molar-refractivity contribution is -0.149. The van der Waals surface area contributed by atoms with Crippen LogP contribution in [-0.2, 0) is 14.4 Å². The van der Waals surface area contributed by atoms with E-state index in [2.05, 4.69) is 42.9 Å². The second-order valence-corrected chi connectivity index (χ2v) is 15.1. The summed E-state index contributed by atoms with van der Waals surface area (Å²) in [7, 11) is 0. The molecule has 3 heterocycles. The van der Waals surface area contributed by atoms with E-state index < -0.39 is 34.2 Å². The van der Waals surface area contributed by atoms with E-state index >= 15 is 0 Å².